The van der Waals surface area contributed by atoms with Crippen LogP contribution in [0.2, 0.25) is 0 Å². The molecule has 1 aromatic heterocycles. The molecule has 0 aliphatic heterocycles. The van der Waals surface area contributed by atoms with E-state index in [-0.39, 0.29) is 11.8 Å². The Morgan fingerprint density at radius 3 is 2.91 bits per heavy atom. The first-order chi connectivity index (χ1) is 10.4. The molecule has 6 nitrogen and oxygen atoms in total. The number of sulfone groups is 1. The summed E-state index contributed by atoms with van der Waals surface area (Å²) >= 11 is 3.41. The van der Waals surface area contributed by atoms with Gasteiger partial charge in [-0.3, -0.25) is 4.99 Å². The van der Waals surface area contributed by atoms with Gasteiger partial charge >= 0.3 is 0 Å². The van der Waals surface area contributed by atoms with Crippen LogP contribution in [0.25, 0.3) is 0 Å². The molecule has 1 unspecified atom stereocenters. The molecule has 22 heavy (non-hydrogen) atoms. The Hall–Kier alpha value is -0.800. The van der Waals surface area contributed by atoms with Gasteiger partial charge in [-0.15, -0.1) is 11.3 Å². The number of nitrogens with zero attached hydrogens (tertiary/aromatic N) is 2. The zero-order valence-corrected chi connectivity index (χ0v) is 15.7. The van der Waals surface area contributed by atoms with E-state index in [9.17, 15) is 8.42 Å². The number of aromatic nitrogens is 1. The van der Waals surface area contributed by atoms with Crippen molar-refractivity contribution in [1.82, 2.24) is 15.6 Å². The van der Waals surface area contributed by atoms with E-state index in [1.54, 1.807) is 30.1 Å². The maximum absolute atomic E-state index is 11.2. The third kappa shape index (κ3) is 9.26. The van der Waals surface area contributed by atoms with E-state index in [2.05, 4.69) is 20.6 Å². The molecule has 0 aliphatic carbocycles. The van der Waals surface area contributed by atoms with Crippen LogP contribution in [-0.4, -0.2) is 56.8 Å². The molecular weight excluding hydrogens is 340 g/mol. The third-order valence-electron chi connectivity index (χ3n) is 2.78. The highest BCUT2D eigenvalue weighted by Gasteiger charge is 2.09. The normalized spacial score (nSPS) is 13.9. The molecule has 0 saturated heterocycles. The topological polar surface area (TPSA) is 83.4 Å². The zero-order chi connectivity index (χ0) is 16.4. The Balaban J connectivity index is 2.16. The minimum atomic E-state index is -2.92. The first-order valence-electron chi connectivity index (χ1n) is 7.08. The summed E-state index contributed by atoms with van der Waals surface area (Å²) in [7, 11) is -1.20. The smallest absolute Gasteiger partial charge is 0.191 e. The fraction of sp³-hybridized carbons (Fsp3) is 0.692. The maximum Gasteiger partial charge on any atom is 0.191 e. The van der Waals surface area contributed by atoms with Crippen LogP contribution in [-0.2, 0) is 9.84 Å². The summed E-state index contributed by atoms with van der Waals surface area (Å²) in [4.78, 5) is 8.37. The fourth-order valence-corrected chi connectivity index (χ4v) is 4.04. The SMILES string of the molecule is CN=C(NCCCSc1nccs1)NC(C)CCS(C)(=O)=O. The van der Waals surface area contributed by atoms with Crippen LogP contribution in [0, 0.1) is 0 Å². The quantitative estimate of drug-likeness (QED) is 0.300. The van der Waals surface area contributed by atoms with E-state index in [0.29, 0.717) is 12.4 Å². The number of thioether (sulfide) groups is 1. The predicted octanol–water partition coefficient (Wildman–Crippen LogP) is 1.61. The molecule has 0 spiro atoms. The van der Waals surface area contributed by atoms with Crippen LogP contribution in [0.5, 0.6) is 0 Å². The summed E-state index contributed by atoms with van der Waals surface area (Å²) in [6.45, 7) is 2.77. The number of thiazole rings is 1. The molecule has 126 valence electrons. The second-order valence-electron chi connectivity index (χ2n) is 4.96. The minimum Gasteiger partial charge on any atom is -0.356 e. The van der Waals surface area contributed by atoms with Crippen molar-refractivity contribution in [3.05, 3.63) is 11.6 Å². The highest BCUT2D eigenvalue weighted by Crippen LogP contribution is 2.20. The Kier molecular flexibility index (Phi) is 8.81. The molecule has 0 aliphatic rings. The second kappa shape index (κ2) is 10.1. The molecule has 0 fully saturated rings. The van der Waals surface area contributed by atoms with E-state index in [0.717, 1.165) is 23.1 Å². The number of hydrogen-bond donors (Lipinski definition) is 2. The Morgan fingerprint density at radius 2 is 2.32 bits per heavy atom. The van der Waals surface area contributed by atoms with Crippen molar-refractivity contribution in [2.75, 3.05) is 31.4 Å². The van der Waals surface area contributed by atoms with Crippen molar-refractivity contribution in [1.29, 1.82) is 0 Å². The van der Waals surface area contributed by atoms with Crippen LogP contribution in [0.15, 0.2) is 20.9 Å². The molecule has 1 aromatic rings. The van der Waals surface area contributed by atoms with Crippen LogP contribution >= 0.6 is 23.1 Å². The molecule has 0 radical (unpaired) electrons. The molecule has 1 heterocycles. The molecule has 0 amide bonds. The fourth-order valence-electron chi connectivity index (χ4n) is 1.61. The Bertz CT molecular complexity index is 544. The van der Waals surface area contributed by atoms with Gasteiger partial charge in [0.2, 0.25) is 0 Å². The number of hydrogen-bond acceptors (Lipinski definition) is 6. The van der Waals surface area contributed by atoms with Crippen molar-refractivity contribution >= 4 is 38.9 Å². The van der Waals surface area contributed by atoms with E-state index in [4.69, 9.17) is 0 Å². The highest BCUT2D eigenvalue weighted by atomic mass is 32.2. The molecule has 9 heteroatoms. The van der Waals surface area contributed by atoms with Gasteiger partial charge in [-0.1, -0.05) is 11.8 Å². The lowest BCUT2D eigenvalue weighted by Gasteiger charge is -2.17. The van der Waals surface area contributed by atoms with E-state index in [1.807, 2.05) is 18.5 Å². The first-order valence-corrected chi connectivity index (χ1v) is 11.0. The van der Waals surface area contributed by atoms with Crippen LogP contribution < -0.4 is 10.6 Å². The zero-order valence-electron chi connectivity index (χ0n) is 13.2. The average molecular weight is 365 g/mol. The molecule has 1 atom stereocenters. The predicted molar refractivity (Wildman–Crippen MR) is 95.7 cm³/mol. The van der Waals surface area contributed by atoms with Crippen molar-refractivity contribution in [3.63, 3.8) is 0 Å². The summed E-state index contributed by atoms with van der Waals surface area (Å²) in [6.07, 6.45) is 4.64. The van der Waals surface area contributed by atoms with Crippen molar-refractivity contribution in [2.45, 2.75) is 30.1 Å². The molecular formula is C13H24N4O2S3. The van der Waals surface area contributed by atoms with Gasteiger partial charge < -0.3 is 10.6 Å². The summed E-state index contributed by atoms with van der Waals surface area (Å²) in [5.41, 5.74) is 0. The van der Waals surface area contributed by atoms with Crippen molar-refractivity contribution in [3.8, 4) is 0 Å². The van der Waals surface area contributed by atoms with Gasteiger partial charge in [-0.2, -0.15) is 0 Å². The Labute approximate surface area is 141 Å². The molecule has 0 bridgehead atoms. The van der Waals surface area contributed by atoms with Gasteiger partial charge in [0.25, 0.3) is 0 Å². The highest BCUT2D eigenvalue weighted by molar-refractivity contribution is 8.01. The van der Waals surface area contributed by atoms with Gasteiger partial charge in [-0.05, 0) is 19.8 Å². The Morgan fingerprint density at radius 1 is 1.55 bits per heavy atom. The number of rotatable bonds is 9. The lowest BCUT2D eigenvalue weighted by Crippen LogP contribution is -2.43. The van der Waals surface area contributed by atoms with E-state index in [1.165, 1.54) is 6.26 Å². The van der Waals surface area contributed by atoms with Gasteiger partial charge in [0.15, 0.2) is 5.96 Å². The summed E-state index contributed by atoms with van der Waals surface area (Å²) < 4.78 is 23.4. The third-order valence-corrected chi connectivity index (χ3v) is 5.81. The second-order valence-corrected chi connectivity index (χ2v) is 9.46. The average Bonchev–Trinajstić information content (AvgIpc) is 2.96. The largest absolute Gasteiger partial charge is 0.356 e. The number of aliphatic imine (C=N–C) groups is 1. The summed E-state index contributed by atoms with van der Waals surface area (Å²) in [6, 6.07) is 0.0608. The minimum absolute atomic E-state index is 0.0608. The summed E-state index contributed by atoms with van der Waals surface area (Å²) in [5.74, 6) is 1.89. The van der Waals surface area contributed by atoms with Gasteiger partial charge in [0.05, 0.1) is 5.75 Å². The lowest BCUT2D eigenvalue weighted by molar-refractivity contribution is 0.581. The summed E-state index contributed by atoms with van der Waals surface area (Å²) in [5, 5.41) is 8.41. The molecule has 2 N–H and O–H groups in total. The van der Waals surface area contributed by atoms with Gasteiger partial charge in [0.1, 0.15) is 14.2 Å². The van der Waals surface area contributed by atoms with Crippen molar-refractivity contribution < 1.29 is 8.42 Å². The standard InChI is InChI=1S/C13H24N4O2S3/c1-11(5-10-22(3,18)19)17-12(14-2)15-6-4-8-20-13-16-7-9-21-13/h7,9,11H,4-6,8,10H2,1-3H3,(H2,14,15,17). The molecule has 0 saturated carbocycles. The molecule has 0 aromatic carbocycles. The first kappa shape index (κ1) is 19.2. The van der Waals surface area contributed by atoms with Crippen molar-refractivity contribution in [2.24, 2.45) is 4.99 Å². The monoisotopic (exact) mass is 364 g/mol. The van der Waals surface area contributed by atoms with Crippen LogP contribution in [0.3, 0.4) is 0 Å². The molecule has 1 rings (SSSR count). The van der Waals surface area contributed by atoms with Crippen LogP contribution in [0.4, 0.5) is 0 Å². The van der Waals surface area contributed by atoms with E-state index >= 15 is 0 Å². The van der Waals surface area contributed by atoms with Gasteiger partial charge in [-0.25, -0.2) is 13.4 Å². The lowest BCUT2D eigenvalue weighted by atomic mass is 10.3. The number of guanidine groups is 1. The van der Waals surface area contributed by atoms with Gasteiger partial charge in [0, 0.05) is 43.2 Å². The maximum atomic E-state index is 11.2. The van der Waals surface area contributed by atoms with Crippen LogP contribution in [0.1, 0.15) is 19.8 Å². The number of nitrogens with one attached hydrogen (secondary N) is 2. The van der Waals surface area contributed by atoms with E-state index < -0.39 is 9.84 Å².